The van der Waals surface area contributed by atoms with E-state index in [2.05, 4.69) is 41.8 Å². The molecule has 29 heavy (non-hydrogen) atoms. The van der Waals surface area contributed by atoms with E-state index in [1.807, 2.05) is 49.4 Å². The van der Waals surface area contributed by atoms with Gasteiger partial charge in [0.05, 0.1) is 16.8 Å². The number of rotatable bonds is 5. The fraction of sp³-hybridized carbons (Fsp3) is 0.0909. The van der Waals surface area contributed by atoms with E-state index in [0.717, 1.165) is 15.8 Å². The molecule has 0 bridgehead atoms. The summed E-state index contributed by atoms with van der Waals surface area (Å²) < 4.78 is 12.8. The summed E-state index contributed by atoms with van der Waals surface area (Å²) in [6.07, 6.45) is 1.61. The predicted octanol–water partition coefficient (Wildman–Crippen LogP) is 6.87. The number of phenolic OH excluding ortho intramolecular Hbond substituents is 1. The highest BCUT2D eigenvalue weighted by Crippen LogP contribution is 2.32. The molecule has 1 N–H and O–H groups in total. The number of aliphatic imine (C=N–C) groups is 1. The van der Waals surface area contributed by atoms with E-state index in [0.29, 0.717) is 39.3 Å². The molecule has 1 heterocycles. The van der Waals surface area contributed by atoms with Crippen molar-refractivity contribution in [2.45, 2.75) is 6.92 Å². The highest BCUT2D eigenvalue weighted by Gasteiger charge is 2.10. The lowest BCUT2D eigenvalue weighted by Crippen LogP contribution is -1.90. The topological polar surface area (TPSA) is 67.9 Å². The predicted molar refractivity (Wildman–Crippen MR) is 121 cm³/mol. The largest absolute Gasteiger partial charge is 0.506 e. The van der Waals surface area contributed by atoms with Gasteiger partial charge >= 0.3 is 0 Å². The third kappa shape index (κ3) is 4.36. The third-order valence-electron chi connectivity index (χ3n) is 4.19. The van der Waals surface area contributed by atoms with Crippen molar-refractivity contribution in [1.29, 1.82) is 0 Å². The van der Waals surface area contributed by atoms with E-state index in [9.17, 15) is 5.11 Å². The van der Waals surface area contributed by atoms with Crippen molar-refractivity contribution >= 4 is 54.9 Å². The van der Waals surface area contributed by atoms with E-state index in [4.69, 9.17) is 9.15 Å². The van der Waals surface area contributed by atoms with Gasteiger partial charge < -0.3 is 14.3 Å². The Morgan fingerprint density at radius 1 is 1.10 bits per heavy atom. The Labute approximate surface area is 184 Å². The van der Waals surface area contributed by atoms with E-state index < -0.39 is 0 Å². The van der Waals surface area contributed by atoms with Gasteiger partial charge in [0.25, 0.3) is 0 Å². The summed E-state index contributed by atoms with van der Waals surface area (Å²) in [4.78, 5) is 9.03. The summed E-state index contributed by atoms with van der Waals surface area (Å²) in [5.74, 6) is 1.49. The van der Waals surface area contributed by atoms with Gasteiger partial charge in [-0.3, -0.25) is 4.99 Å². The van der Waals surface area contributed by atoms with E-state index >= 15 is 0 Å². The lowest BCUT2D eigenvalue weighted by Gasteiger charge is -2.02. The van der Waals surface area contributed by atoms with Crippen LogP contribution in [-0.2, 0) is 0 Å². The molecule has 1 aromatic heterocycles. The van der Waals surface area contributed by atoms with Gasteiger partial charge in [-0.15, -0.1) is 0 Å². The second-order valence-electron chi connectivity index (χ2n) is 6.21. The molecule has 0 amide bonds. The fourth-order valence-corrected chi connectivity index (χ4v) is 4.07. The first-order valence-corrected chi connectivity index (χ1v) is 10.5. The van der Waals surface area contributed by atoms with Crippen LogP contribution in [0.15, 0.2) is 73.0 Å². The molecule has 4 aromatic rings. The molecule has 0 fully saturated rings. The van der Waals surface area contributed by atoms with Crippen molar-refractivity contribution in [2.24, 2.45) is 4.99 Å². The van der Waals surface area contributed by atoms with Crippen molar-refractivity contribution in [2.75, 3.05) is 6.61 Å². The van der Waals surface area contributed by atoms with Gasteiger partial charge in [0.1, 0.15) is 17.0 Å². The Kier molecular flexibility index (Phi) is 5.69. The van der Waals surface area contributed by atoms with Crippen LogP contribution >= 0.6 is 31.9 Å². The first-order valence-electron chi connectivity index (χ1n) is 8.89. The minimum atomic E-state index is 0.136. The third-order valence-corrected chi connectivity index (χ3v) is 5.26. The summed E-state index contributed by atoms with van der Waals surface area (Å²) in [6.45, 7) is 2.58. The number of hydrogen-bond donors (Lipinski definition) is 1. The first-order chi connectivity index (χ1) is 14.0. The Balaban J connectivity index is 1.62. The molecule has 3 aromatic carbocycles. The molecule has 0 aliphatic heterocycles. The van der Waals surface area contributed by atoms with Crippen molar-refractivity contribution in [3.8, 4) is 23.0 Å². The van der Waals surface area contributed by atoms with Crippen LogP contribution in [-0.4, -0.2) is 22.9 Å². The maximum absolute atomic E-state index is 10.2. The lowest BCUT2D eigenvalue weighted by atomic mass is 10.2. The number of oxazole rings is 1. The Hall–Kier alpha value is -2.64. The van der Waals surface area contributed by atoms with Crippen LogP contribution < -0.4 is 4.74 Å². The lowest BCUT2D eigenvalue weighted by molar-refractivity contribution is 0.340. The van der Waals surface area contributed by atoms with Gasteiger partial charge in [0.15, 0.2) is 5.58 Å². The van der Waals surface area contributed by atoms with Gasteiger partial charge in [0, 0.05) is 21.8 Å². The van der Waals surface area contributed by atoms with Gasteiger partial charge in [-0.05, 0) is 77.5 Å². The van der Waals surface area contributed by atoms with Crippen molar-refractivity contribution in [1.82, 2.24) is 4.98 Å². The second kappa shape index (κ2) is 8.39. The number of fused-ring (bicyclic) bond motifs is 1. The van der Waals surface area contributed by atoms with Crippen LogP contribution in [0.5, 0.6) is 11.5 Å². The zero-order valence-corrected chi connectivity index (χ0v) is 18.6. The molecule has 5 nitrogen and oxygen atoms in total. The minimum Gasteiger partial charge on any atom is -0.506 e. The molecule has 0 saturated carbocycles. The van der Waals surface area contributed by atoms with Crippen molar-refractivity contribution in [3.63, 3.8) is 0 Å². The maximum atomic E-state index is 10.2. The SMILES string of the molecule is CCOc1ccc(-c2nc3cc(N=Cc4cc(Br)cc(Br)c4O)ccc3o2)cc1. The van der Waals surface area contributed by atoms with Crippen LogP contribution in [0.3, 0.4) is 0 Å². The molecular weight excluding hydrogens is 500 g/mol. The van der Waals surface area contributed by atoms with Crippen molar-refractivity contribution in [3.05, 3.63) is 69.1 Å². The number of benzene rings is 3. The Morgan fingerprint density at radius 3 is 2.66 bits per heavy atom. The highest BCUT2D eigenvalue weighted by atomic mass is 79.9. The second-order valence-corrected chi connectivity index (χ2v) is 7.98. The molecule has 0 spiro atoms. The average Bonchev–Trinajstić information content (AvgIpc) is 3.14. The number of ether oxygens (including phenoxy) is 1. The minimum absolute atomic E-state index is 0.136. The van der Waals surface area contributed by atoms with Crippen LogP contribution in [0.2, 0.25) is 0 Å². The molecule has 0 radical (unpaired) electrons. The first kappa shape index (κ1) is 19.7. The molecule has 0 saturated heterocycles. The molecule has 0 aliphatic carbocycles. The number of aromatic nitrogens is 1. The number of hydrogen-bond acceptors (Lipinski definition) is 5. The van der Waals surface area contributed by atoms with Gasteiger partial charge in [-0.2, -0.15) is 0 Å². The van der Waals surface area contributed by atoms with Crippen LogP contribution in [0.25, 0.3) is 22.6 Å². The number of phenols is 1. The Morgan fingerprint density at radius 2 is 1.90 bits per heavy atom. The number of nitrogens with zero attached hydrogens (tertiary/aromatic N) is 2. The smallest absolute Gasteiger partial charge is 0.227 e. The summed E-state index contributed by atoms with van der Waals surface area (Å²) in [5.41, 5.74) is 3.57. The average molecular weight is 516 g/mol. The molecular formula is C22H16Br2N2O3. The van der Waals surface area contributed by atoms with Crippen molar-refractivity contribution < 1.29 is 14.3 Å². The van der Waals surface area contributed by atoms with Crippen LogP contribution in [0.4, 0.5) is 5.69 Å². The molecule has 4 rings (SSSR count). The zero-order valence-electron chi connectivity index (χ0n) is 15.4. The van der Waals surface area contributed by atoms with E-state index in [1.54, 1.807) is 18.3 Å². The maximum Gasteiger partial charge on any atom is 0.227 e. The number of aromatic hydroxyl groups is 1. The summed E-state index contributed by atoms with van der Waals surface area (Å²) in [5, 5.41) is 10.2. The molecule has 146 valence electrons. The number of halogens is 2. The fourth-order valence-electron chi connectivity index (χ4n) is 2.81. The quantitative estimate of drug-likeness (QED) is 0.294. The highest BCUT2D eigenvalue weighted by molar-refractivity contribution is 9.11. The normalized spacial score (nSPS) is 11.4. The van der Waals surface area contributed by atoms with Gasteiger partial charge in [-0.25, -0.2) is 4.98 Å². The van der Waals surface area contributed by atoms with E-state index in [-0.39, 0.29) is 5.75 Å². The molecule has 0 atom stereocenters. The van der Waals surface area contributed by atoms with E-state index in [1.165, 1.54) is 0 Å². The standard InChI is InChI=1S/C22H16Br2N2O3/c1-2-28-17-6-3-13(4-7-17)22-26-19-11-16(5-8-20(19)29-22)25-12-14-9-15(23)10-18(24)21(14)27/h3-12,27H,2H2,1H3. The monoisotopic (exact) mass is 514 g/mol. The summed E-state index contributed by atoms with van der Waals surface area (Å²) >= 11 is 6.73. The van der Waals surface area contributed by atoms with Gasteiger partial charge in [0.2, 0.25) is 5.89 Å². The summed E-state index contributed by atoms with van der Waals surface area (Å²) in [7, 11) is 0. The van der Waals surface area contributed by atoms with Gasteiger partial charge in [-0.1, -0.05) is 15.9 Å². The Bertz CT molecular complexity index is 1200. The van der Waals surface area contributed by atoms with Crippen LogP contribution in [0.1, 0.15) is 12.5 Å². The molecule has 0 aliphatic rings. The molecule has 7 heteroatoms. The summed E-state index contributed by atoms with van der Waals surface area (Å²) in [6, 6.07) is 16.7. The zero-order chi connectivity index (χ0) is 20.4. The van der Waals surface area contributed by atoms with Crippen LogP contribution in [0, 0.1) is 0 Å². The molecule has 0 unspecified atom stereocenters.